The van der Waals surface area contributed by atoms with Crippen molar-refractivity contribution in [2.24, 2.45) is 5.41 Å². The fourth-order valence-corrected chi connectivity index (χ4v) is 3.98. The van der Waals surface area contributed by atoms with Crippen molar-refractivity contribution < 1.29 is 9.59 Å². The Kier molecular flexibility index (Phi) is 4.08. The second kappa shape index (κ2) is 6.44. The minimum atomic E-state index is -0.517. The van der Waals surface area contributed by atoms with Crippen LogP contribution >= 0.6 is 0 Å². The van der Waals surface area contributed by atoms with Crippen LogP contribution in [0, 0.1) is 16.9 Å². The van der Waals surface area contributed by atoms with Crippen LogP contribution in [0.2, 0.25) is 0 Å². The van der Waals surface area contributed by atoms with Crippen LogP contribution in [0.4, 0.5) is 11.4 Å². The standard InChI is InChI=1S/C21H20N4O2/c1-14(26)23-18-5-2-15(3-6-18)16-4-7-19-17(10-16)11-21(20(27)24-19)8-9-25(12-21)13-22/h2-7,10H,8-9,11-12H2,1H3,(H,23,26)(H,24,27). The summed E-state index contributed by atoms with van der Waals surface area (Å²) in [4.78, 5) is 25.5. The van der Waals surface area contributed by atoms with Crippen molar-refractivity contribution in [3.63, 3.8) is 0 Å². The van der Waals surface area contributed by atoms with Gasteiger partial charge in [0.05, 0.1) is 5.41 Å². The SMILES string of the molecule is CC(=O)Nc1ccc(-c2ccc3c(c2)CC2(CCN(C#N)C2)C(=O)N3)cc1. The van der Waals surface area contributed by atoms with Gasteiger partial charge in [-0.3, -0.25) is 9.59 Å². The molecule has 136 valence electrons. The molecule has 1 spiro atoms. The van der Waals surface area contributed by atoms with E-state index in [1.54, 1.807) is 4.90 Å². The molecule has 0 aromatic heterocycles. The maximum absolute atomic E-state index is 12.6. The van der Waals surface area contributed by atoms with Gasteiger partial charge in [-0.05, 0) is 53.8 Å². The Bertz CT molecular complexity index is 961. The summed E-state index contributed by atoms with van der Waals surface area (Å²) in [5.41, 5.74) is 4.29. The van der Waals surface area contributed by atoms with Crippen LogP contribution in [0.5, 0.6) is 0 Å². The molecule has 6 heteroatoms. The molecule has 0 radical (unpaired) electrons. The van der Waals surface area contributed by atoms with Crippen LogP contribution in [0.3, 0.4) is 0 Å². The molecule has 2 aromatic rings. The lowest BCUT2D eigenvalue weighted by Crippen LogP contribution is -2.43. The molecule has 0 aliphatic carbocycles. The first-order chi connectivity index (χ1) is 13.0. The molecule has 2 aromatic carbocycles. The fraction of sp³-hybridized carbons (Fsp3) is 0.286. The van der Waals surface area contributed by atoms with E-state index in [0.29, 0.717) is 25.9 Å². The highest BCUT2D eigenvalue weighted by molar-refractivity contribution is 5.99. The van der Waals surface area contributed by atoms with Crippen molar-refractivity contribution in [1.82, 2.24) is 4.90 Å². The zero-order chi connectivity index (χ0) is 19.0. The van der Waals surface area contributed by atoms with E-state index in [1.165, 1.54) is 6.92 Å². The summed E-state index contributed by atoms with van der Waals surface area (Å²) >= 11 is 0. The number of carbonyl (C=O) groups excluding carboxylic acids is 2. The van der Waals surface area contributed by atoms with Crippen LogP contribution in [-0.2, 0) is 16.0 Å². The van der Waals surface area contributed by atoms with Gasteiger partial charge in [0.25, 0.3) is 0 Å². The molecular weight excluding hydrogens is 340 g/mol. The Morgan fingerprint density at radius 2 is 1.96 bits per heavy atom. The van der Waals surface area contributed by atoms with Crippen molar-refractivity contribution in [1.29, 1.82) is 5.26 Å². The molecule has 2 amide bonds. The van der Waals surface area contributed by atoms with Gasteiger partial charge in [0.1, 0.15) is 0 Å². The summed E-state index contributed by atoms with van der Waals surface area (Å²) in [5.74, 6) is -0.0827. The summed E-state index contributed by atoms with van der Waals surface area (Å²) in [6.07, 6.45) is 3.50. The smallest absolute Gasteiger partial charge is 0.232 e. The summed E-state index contributed by atoms with van der Waals surface area (Å²) < 4.78 is 0. The molecule has 6 nitrogen and oxygen atoms in total. The summed E-state index contributed by atoms with van der Waals surface area (Å²) in [5, 5.41) is 14.9. The Hall–Kier alpha value is -3.33. The normalized spacial score (nSPS) is 20.7. The van der Waals surface area contributed by atoms with E-state index in [0.717, 1.165) is 28.1 Å². The van der Waals surface area contributed by atoms with Gasteiger partial charge in [0.2, 0.25) is 11.8 Å². The molecule has 0 saturated carbocycles. The molecule has 4 rings (SSSR count). The Balaban J connectivity index is 1.62. The predicted octanol–water partition coefficient (Wildman–Crippen LogP) is 2.98. The number of hydrogen-bond acceptors (Lipinski definition) is 4. The molecular formula is C21H20N4O2. The van der Waals surface area contributed by atoms with E-state index >= 15 is 0 Å². The fourth-order valence-electron chi connectivity index (χ4n) is 3.98. The molecule has 1 unspecified atom stereocenters. The first kappa shape index (κ1) is 17.1. The van der Waals surface area contributed by atoms with E-state index < -0.39 is 5.41 Å². The van der Waals surface area contributed by atoms with Crippen molar-refractivity contribution in [3.8, 4) is 17.3 Å². The van der Waals surface area contributed by atoms with Crippen molar-refractivity contribution in [2.75, 3.05) is 23.7 Å². The monoisotopic (exact) mass is 360 g/mol. The topological polar surface area (TPSA) is 85.2 Å². The number of anilines is 2. The molecule has 1 saturated heterocycles. The number of hydrogen-bond donors (Lipinski definition) is 2. The zero-order valence-corrected chi connectivity index (χ0v) is 15.1. The lowest BCUT2D eigenvalue weighted by Gasteiger charge is -2.33. The third-order valence-corrected chi connectivity index (χ3v) is 5.40. The number of amides is 2. The van der Waals surface area contributed by atoms with Gasteiger partial charge >= 0.3 is 0 Å². The molecule has 0 bridgehead atoms. The third kappa shape index (κ3) is 3.13. The molecule has 2 aliphatic rings. The van der Waals surface area contributed by atoms with Gasteiger partial charge in [-0.2, -0.15) is 5.26 Å². The number of nitrogens with zero attached hydrogens (tertiary/aromatic N) is 2. The van der Waals surface area contributed by atoms with Crippen LogP contribution in [0.25, 0.3) is 11.1 Å². The summed E-state index contributed by atoms with van der Waals surface area (Å²) in [6.45, 7) is 2.59. The molecule has 27 heavy (non-hydrogen) atoms. The molecule has 2 heterocycles. The highest BCUT2D eigenvalue weighted by Crippen LogP contribution is 2.41. The third-order valence-electron chi connectivity index (χ3n) is 5.40. The van der Waals surface area contributed by atoms with Gasteiger partial charge in [0.15, 0.2) is 6.19 Å². The molecule has 1 fully saturated rings. The van der Waals surface area contributed by atoms with Crippen LogP contribution in [0.15, 0.2) is 42.5 Å². The summed E-state index contributed by atoms with van der Waals surface area (Å²) in [6, 6.07) is 13.7. The van der Waals surface area contributed by atoms with Crippen LogP contribution < -0.4 is 10.6 Å². The number of benzene rings is 2. The van der Waals surface area contributed by atoms with Crippen LogP contribution in [-0.4, -0.2) is 29.8 Å². The highest BCUT2D eigenvalue weighted by Gasteiger charge is 2.47. The number of rotatable bonds is 2. The predicted molar refractivity (Wildman–Crippen MR) is 103 cm³/mol. The minimum Gasteiger partial charge on any atom is -0.326 e. The Morgan fingerprint density at radius 1 is 1.22 bits per heavy atom. The van der Waals surface area contributed by atoms with Gasteiger partial charge in [-0.1, -0.05) is 18.2 Å². The van der Waals surface area contributed by atoms with Gasteiger partial charge in [0, 0.05) is 31.4 Å². The maximum Gasteiger partial charge on any atom is 0.232 e. The number of likely N-dealkylation sites (tertiary alicyclic amines) is 1. The lowest BCUT2D eigenvalue weighted by molar-refractivity contribution is -0.125. The second-order valence-corrected chi connectivity index (χ2v) is 7.31. The molecule has 2 aliphatic heterocycles. The molecule has 2 N–H and O–H groups in total. The molecule has 1 atom stereocenters. The number of fused-ring (bicyclic) bond motifs is 1. The van der Waals surface area contributed by atoms with Gasteiger partial charge in [-0.25, -0.2) is 0 Å². The zero-order valence-electron chi connectivity index (χ0n) is 15.1. The highest BCUT2D eigenvalue weighted by atomic mass is 16.2. The van der Waals surface area contributed by atoms with Crippen molar-refractivity contribution in [3.05, 3.63) is 48.0 Å². The largest absolute Gasteiger partial charge is 0.326 e. The lowest BCUT2D eigenvalue weighted by atomic mass is 9.76. The quantitative estimate of drug-likeness (QED) is 0.806. The first-order valence-corrected chi connectivity index (χ1v) is 8.96. The van der Waals surface area contributed by atoms with E-state index in [1.807, 2.05) is 36.4 Å². The number of nitriles is 1. The van der Waals surface area contributed by atoms with Crippen molar-refractivity contribution in [2.45, 2.75) is 19.8 Å². The van der Waals surface area contributed by atoms with Gasteiger partial charge in [-0.15, -0.1) is 0 Å². The average Bonchev–Trinajstić information content (AvgIpc) is 3.07. The minimum absolute atomic E-state index is 0.0140. The first-order valence-electron chi connectivity index (χ1n) is 8.96. The van der Waals surface area contributed by atoms with E-state index in [4.69, 9.17) is 5.26 Å². The number of nitrogens with one attached hydrogen (secondary N) is 2. The Labute approximate surface area is 157 Å². The van der Waals surface area contributed by atoms with E-state index in [2.05, 4.69) is 22.9 Å². The van der Waals surface area contributed by atoms with Crippen LogP contribution in [0.1, 0.15) is 18.9 Å². The van der Waals surface area contributed by atoms with E-state index in [-0.39, 0.29) is 11.8 Å². The second-order valence-electron chi connectivity index (χ2n) is 7.31. The number of carbonyl (C=O) groups is 2. The van der Waals surface area contributed by atoms with E-state index in [9.17, 15) is 9.59 Å². The average molecular weight is 360 g/mol. The summed E-state index contributed by atoms with van der Waals surface area (Å²) in [7, 11) is 0. The van der Waals surface area contributed by atoms with Crippen molar-refractivity contribution >= 4 is 23.2 Å². The Morgan fingerprint density at radius 3 is 2.63 bits per heavy atom. The maximum atomic E-state index is 12.6. The van der Waals surface area contributed by atoms with Gasteiger partial charge < -0.3 is 15.5 Å².